The van der Waals surface area contributed by atoms with E-state index in [0.717, 1.165) is 25.7 Å². The number of hydrogen-bond acceptors (Lipinski definition) is 4. The zero-order valence-corrected chi connectivity index (χ0v) is 23.7. The number of aliphatic hydroxyl groups excluding tert-OH is 2. The van der Waals surface area contributed by atoms with Gasteiger partial charge in [0.05, 0.1) is 13.2 Å². The summed E-state index contributed by atoms with van der Waals surface area (Å²) in [5.41, 5.74) is -0.306. The molecule has 0 spiro atoms. The molecule has 0 aromatic heterocycles. The lowest BCUT2D eigenvalue weighted by Gasteiger charge is -2.16. The van der Waals surface area contributed by atoms with Gasteiger partial charge in [0.1, 0.15) is 0 Å². The number of aliphatic hydroxyl groups is 2. The molecule has 0 aliphatic heterocycles. The SMILES string of the molecule is CC(C)(CO)CO.CCCCCCCCCCCC(=O)O.CCCCCCCCCCCC(=O)O. The highest BCUT2D eigenvalue weighted by Gasteiger charge is 2.13. The van der Waals surface area contributed by atoms with Crippen molar-refractivity contribution in [2.75, 3.05) is 13.2 Å². The van der Waals surface area contributed by atoms with Gasteiger partial charge in [0, 0.05) is 18.3 Å². The van der Waals surface area contributed by atoms with Crippen LogP contribution >= 0.6 is 0 Å². The minimum Gasteiger partial charge on any atom is -0.481 e. The summed E-state index contributed by atoms with van der Waals surface area (Å²) in [6.07, 6.45) is 23.0. The Morgan fingerprint density at radius 3 is 0.886 bits per heavy atom. The van der Waals surface area contributed by atoms with Gasteiger partial charge < -0.3 is 20.4 Å². The van der Waals surface area contributed by atoms with Crippen molar-refractivity contribution in [3.63, 3.8) is 0 Å². The van der Waals surface area contributed by atoms with Crippen LogP contribution in [0.4, 0.5) is 0 Å². The van der Waals surface area contributed by atoms with Crippen molar-refractivity contribution in [1.82, 2.24) is 0 Å². The Morgan fingerprint density at radius 2 is 0.714 bits per heavy atom. The Bertz CT molecular complexity index is 399. The molecule has 0 bridgehead atoms. The second-order valence-corrected chi connectivity index (χ2v) is 10.4. The van der Waals surface area contributed by atoms with E-state index < -0.39 is 11.9 Å². The maximum atomic E-state index is 10.2. The van der Waals surface area contributed by atoms with Gasteiger partial charge in [-0.3, -0.25) is 9.59 Å². The number of carboxylic acids is 2. The Kier molecular flexibility index (Phi) is 33.9. The van der Waals surface area contributed by atoms with Gasteiger partial charge >= 0.3 is 11.9 Å². The third-order valence-corrected chi connectivity index (χ3v) is 5.84. The summed E-state index contributed by atoms with van der Waals surface area (Å²) in [4.78, 5) is 20.4. The molecule has 0 unspecified atom stereocenters. The fourth-order valence-corrected chi connectivity index (χ4v) is 3.22. The van der Waals surface area contributed by atoms with Gasteiger partial charge in [0.25, 0.3) is 0 Å². The molecular weight excluding hydrogens is 444 g/mol. The van der Waals surface area contributed by atoms with Crippen LogP contribution in [0.1, 0.15) is 156 Å². The summed E-state index contributed by atoms with van der Waals surface area (Å²) in [5.74, 6) is -1.32. The van der Waals surface area contributed by atoms with Crippen molar-refractivity contribution < 1.29 is 30.0 Å². The van der Waals surface area contributed by atoms with Crippen LogP contribution in [0, 0.1) is 5.41 Å². The highest BCUT2D eigenvalue weighted by molar-refractivity contribution is 5.66. The maximum Gasteiger partial charge on any atom is 0.303 e. The zero-order chi connectivity index (χ0) is 27.2. The maximum absolute atomic E-state index is 10.2. The van der Waals surface area contributed by atoms with Crippen LogP contribution in [0.15, 0.2) is 0 Å². The lowest BCUT2D eigenvalue weighted by atomic mass is 9.97. The summed E-state index contributed by atoms with van der Waals surface area (Å²) in [7, 11) is 0. The van der Waals surface area contributed by atoms with E-state index in [0.29, 0.717) is 12.8 Å². The predicted octanol–water partition coefficient (Wildman–Crippen LogP) is 7.98. The molecule has 0 aromatic carbocycles. The molecule has 0 amide bonds. The molecule has 6 heteroatoms. The summed E-state index contributed by atoms with van der Waals surface area (Å²) >= 11 is 0. The molecule has 4 N–H and O–H groups in total. The number of aliphatic carboxylic acids is 2. The van der Waals surface area contributed by atoms with Gasteiger partial charge in [-0.05, 0) is 12.8 Å². The molecule has 0 aromatic rings. The van der Waals surface area contributed by atoms with Crippen LogP contribution < -0.4 is 0 Å². The van der Waals surface area contributed by atoms with Gasteiger partial charge in [-0.25, -0.2) is 0 Å². The molecule has 6 nitrogen and oxygen atoms in total. The Morgan fingerprint density at radius 1 is 0.486 bits per heavy atom. The van der Waals surface area contributed by atoms with Crippen molar-refractivity contribution in [2.45, 2.75) is 156 Å². The van der Waals surface area contributed by atoms with Crippen molar-refractivity contribution in [1.29, 1.82) is 0 Å². The molecule has 212 valence electrons. The van der Waals surface area contributed by atoms with Crippen molar-refractivity contribution in [3.8, 4) is 0 Å². The lowest BCUT2D eigenvalue weighted by molar-refractivity contribution is -0.138. The number of rotatable bonds is 22. The number of carboxylic acid groups (broad SMARTS) is 2. The Hall–Kier alpha value is -1.14. The fourth-order valence-electron chi connectivity index (χ4n) is 3.22. The molecule has 0 aliphatic rings. The minimum absolute atomic E-state index is 0.0451. The topological polar surface area (TPSA) is 115 Å². The third-order valence-electron chi connectivity index (χ3n) is 5.84. The molecule has 0 fully saturated rings. The quantitative estimate of drug-likeness (QED) is 0.111. The second-order valence-electron chi connectivity index (χ2n) is 10.4. The first kappa shape index (κ1) is 38.4. The van der Waals surface area contributed by atoms with E-state index in [1.54, 1.807) is 13.8 Å². The molecular formula is C29H60O6. The molecule has 0 aliphatic carbocycles. The number of hydrogen-bond donors (Lipinski definition) is 4. The van der Waals surface area contributed by atoms with Crippen molar-refractivity contribution in [3.05, 3.63) is 0 Å². The highest BCUT2D eigenvalue weighted by atomic mass is 16.4. The molecule has 0 radical (unpaired) electrons. The number of unbranched alkanes of at least 4 members (excludes halogenated alkanes) is 16. The van der Waals surface area contributed by atoms with Crippen molar-refractivity contribution >= 4 is 11.9 Å². The molecule has 0 saturated carbocycles. The van der Waals surface area contributed by atoms with Gasteiger partial charge in [0.15, 0.2) is 0 Å². The van der Waals surface area contributed by atoms with Crippen molar-refractivity contribution in [2.24, 2.45) is 5.41 Å². The monoisotopic (exact) mass is 504 g/mol. The van der Waals surface area contributed by atoms with Gasteiger partial charge in [-0.15, -0.1) is 0 Å². The third kappa shape index (κ3) is 43.4. The highest BCUT2D eigenvalue weighted by Crippen LogP contribution is 2.11. The summed E-state index contributed by atoms with van der Waals surface area (Å²) in [6.45, 7) is 8.14. The normalized spacial score (nSPS) is 10.7. The van der Waals surface area contributed by atoms with Crippen LogP contribution in [0.2, 0.25) is 0 Å². The van der Waals surface area contributed by atoms with Crippen LogP contribution in [-0.4, -0.2) is 45.6 Å². The average molecular weight is 505 g/mol. The first-order valence-corrected chi connectivity index (χ1v) is 14.3. The van der Waals surface area contributed by atoms with Gasteiger partial charge in [0.2, 0.25) is 0 Å². The lowest BCUT2D eigenvalue weighted by Crippen LogP contribution is -2.20. The summed E-state index contributed by atoms with van der Waals surface area (Å²) in [6, 6.07) is 0. The molecule has 0 atom stereocenters. The van der Waals surface area contributed by atoms with Gasteiger partial charge in [-0.2, -0.15) is 0 Å². The van der Waals surface area contributed by atoms with E-state index in [1.165, 1.54) is 89.9 Å². The first-order valence-electron chi connectivity index (χ1n) is 14.3. The second kappa shape index (κ2) is 30.9. The van der Waals surface area contributed by atoms with E-state index in [-0.39, 0.29) is 18.6 Å². The predicted molar refractivity (Wildman–Crippen MR) is 147 cm³/mol. The molecule has 0 saturated heterocycles. The van der Waals surface area contributed by atoms with Gasteiger partial charge in [-0.1, -0.05) is 130 Å². The Labute approximate surface area is 216 Å². The number of carbonyl (C=O) groups is 2. The Balaban J connectivity index is -0.000000465. The standard InChI is InChI=1S/2C12H24O2.C5H12O2/c2*1-2-3-4-5-6-7-8-9-10-11-12(13)14;1-5(2,3-6)4-7/h2*2-11H2,1H3,(H,13,14);6-7H,3-4H2,1-2H3. The molecule has 0 rings (SSSR count). The largest absolute Gasteiger partial charge is 0.481 e. The van der Waals surface area contributed by atoms with E-state index in [4.69, 9.17) is 20.4 Å². The van der Waals surface area contributed by atoms with E-state index in [2.05, 4.69) is 13.8 Å². The van der Waals surface area contributed by atoms with Crippen LogP contribution in [0.5, 0.6) is 0 Å². The molecule has 35 heavy (non-hydrogen) atoms. The fraction of sp³-hybridized carbons (Fsp3) is 0.931. The van der Waals surface area contributed by atoms with E-state index in [1.807, 2.05) is 0 Å². The smallest absolute Gasteiger partial charge is 0.303 e. The average Bonchev–Trinajstić information content (AvgIpc) is 2.82. The van der Waals surface area contributed by atoms with Crippen LogP contribution in [-0.2, 0) is 9.59 Å². The summed E-state index contributed by atoms with van der Waals surface area (Å²) < 4.78 is 0. The summed E-state index contributed by atoms with van der Waals surface area (Å²) in [5, 5.41) is 33.7. The first-order chi connectivity index (χ1) is 16.7. The zero-order valence-electron chi connectivity index (χ0n) is 23.7. The van der Waals surface area contributed by atoms with Crippen LogP contribution in [0.25, 0.3) is 0 Å². The van der Waals surface area contributed by atoms with Crippen LogP contribution in [0.3, 0.4) is 0 Å². The van der Waals surface area contributed by atoms with E-state index >= 15 is 0 Å². The molecule has 0 heterocycles. The minimum atomic E-state index is -0.659. The van der Waals surface area contributed by atoms with E-state index in [9.17, 15) is 9.59 Å².